The van der Waals surface area contributed by atoms with E-state index in [9.17, 15) is 10.1 Å². The van der Waals surface area contributed by atoms with Crippen molar-refractivity contribution >= 4 is 5.91 Å². The van der Waals surface area contributed by atoms with Gasteiger partial charge < -0.3 is 9.88 Å². The summed E-state index contributed by atoms with van der Waals surface area (Å²) in [6.45, 7) is 0.495. The van der Waals surface area contributed by atoms with Crippen molar-refractivity contribution in [3.8, 4) is 6.07 Å². The first-order valence-corrected chi connectivity index (χ1v) is 6.20. The van der Waals surface area contributed by atoms with Crippen LogP contribution < -0.4 is 5.32 Å². The average molecular weight is 247 g/mol. The summed E-state index contributed by atoms with van der Waals surface area (Å²) < 4.78 is 1.82. The molecule has 0 bridgehead atoms. The van der Waals surface area contributed by atoms with Crippen LogP contribution in [0.3, 0.4) is 0 Å². The van der Waals surface area contributed by atoms with Gasteiger partial charge in [-0.25, -0.2) is 0 Å². The van der Waals surface area contributed by atoms with E-state index in [4.69, 9.17) is 0 Å². The highest BCUT2D eigenvalue weighted by atomic mass is 16.2. The highest BCUT2D eigenvalue weighted by Gasteiger charge is 2.41. The zero-order chi connectivity index (χ0) is 13.0. The monoisotopic (exact) mass is 247 g/mol. The normalized spacial score (nSPS) is 17.3. The quantitative estimate of drug-likeness (QED) is 0.842. The number of carbonyl (C=O) groups excluding carboxylic acids is 1. The Morgan fingerprint density at radius 1 is 1.61 bits per heavy atom. The van der Waals surface area contributed by atoms with E-state index in [-0.39, 0.29) is 5.91 Å². The van der Waals surface area contributed by atoms with Gasteiger partial charge in [-0.05, 0) is 12.8 Å². The first kappa shape index (κ1) is 12.6. The van der Waals surface area contributed by atoms with Gasteiger partial charge in [-0.1, -0.05) is 12.8 Å². The Labute approximate surface area is 106 Å². The highest BCUT2D eigenvalue weighted by Crippen LogP contribution is 2.37. The Bertz CT molecular complexity index is 467. The summed E-state index contributed by atoms with van der Waals surface area (Å²) in [7, 11) is 1.87. The summed E-state index contributed by atoms with van der Waals surface area (Å²) in [6.07, 6.45) is 5.54. The van der Waals surface area contributed by atoms with Gasteiger partial charge in [0, 0.05) is 20.0 Å². The van der Waals surface area contributed by atoms with Gasteiger partial charge in [0.1, 0.15) is 17.6 Å². The van der Waals surface area contributed by atoms with Crippen LogP contribution in [-0.4, -0.2) is 27.2 Å². The van der Waals surface area contributed by atoms with E-state index in [1.165, 1.54) is 0 Å². The molecule has 6 nitrogen and oxygen atoms in total. The SMILES string of the molecule is Cn1cnnc1CCNC(=O)C1(C#N)CCCC1. The average Bonchev–Trinajstić information content (AvgIpc) is 2.99. The van der Waals surface area contributed by atoms with Gasteiger partial charge in [0.15, 0.2) is 0 Å². The van der Waals surface area contributed by atoms with Crippen molar-refractivity contribution in [3.05, 3.63) is 12.2 Å². The van der Waals surface area contributed by atoms with Crippen molar-refractivity contribution in [1.82, 2.24) is 20.1 Å². The van der Waals surface area contributed by atoms with Gasteiger partial charge in [-0.15, -0.1) is 10.2 Å². The third-order valence-corrected chi connectivity index (χ3v) is 3.55. The van der Waals surface area contributed by atoms with Crippen LogP contribution in [0.15, 0.2) is 6.33 Å². The molecule has 0 aromatic carbocycles. The molecule has 0 spiro atoms. The van der Waals surface area contributed by atoms with Gasteiger partial charge >= 0.3 is 0 Å². The molecule has 1 aromatic heterocycles. The molecule has 1 saturated carbocycles. The summed E-state index contributed by atoms with van der Waals surface area (Å²) in [4.78, 5) is 12.0. The molecule has 18 heavy (non-hydrogen) atoms. The maximum atomic E-state index is 12.0. The molecule has 1 heterocycles. The van der Waals surface area contributed by atoms with E-state index < -0.39 is 5.41 Å². The second kappa shape index (κ2) is 5.17. The Kier molecular flexibility index (Phi) is 3.60. The standard InChI is InChI=1S/C12H17N5O/c1-17-9-15-16-10(17)4-7-14-11(18)12(8-13)5-2-3-6-12/h9H,2-7H2,1H3,(H,14,18). The lowest BCUT2D eigenvalue weighted by molar-refractivity contribution is -0.127. The van der Waals surface area contributed by atoms with Gasteiger partial charge in [0.2, 0.25) is 5.91 Å². The molecule has 1 aromatic rings. The maximum absolute atomic E-state index is 12.0. The maximum Gasteiger partial charge on any atom is 0.240 e. The molecular weight excluding hydrogens is 230 g/mol. The number of nitriles is 1. The number of hydrogen-bond donors (Lipinski definition) is 1. The molecule has 0 atom stereocenters. The molecule has 0 aliphatic heterocycles. The van der Waals surface area contributed by atoms with E-state index >= 15 is 0 Å². The van der Waals surface area contributed by atoms with Crippen molar-refractivity contribution in [2.45, 2.75) is 32.1 Å². The van der Waals surface area contributed by atoms with E-state index in [1.54, 1.807) is 6.33 Å². The molecule has 6 heteroatoms. The molecule has 1 N–H and O–H groups in total. The third-order valence-electron chi connectivity index (χ3n) is 3.55. The van der Waals surface area contributed by atoms with E-state index in [0.29, 0.717) is 25.8 Å². The summed E-state index contributed by atoms with van der Waals surface area (Å²) in [5.41, 5.74) is -0.792. The molecule has 1 aliphatic carbocycles. The van der Waals surface area contributed by atoms with Crippen LogP contribution in [0.1, 0.15) is 31.5 Å². The van der Waals surface area contributed by atoms with Gasteiger partial charge in [-0.2, -0.15) is 5.26 Å². The number of nitrogens with zero attached hydrogens (tertiary/aromatic N) is 4. The smallest absolute Gasteiger partial charge is 0.240 e. The number of amides is 1. The van der Waals surface area contributed by atoms with E-state index in [2.05, 4.69) is 21.6 Å². The van der Waals surface area contributed by atoms with Crippen LogP contribution in [0.4, 0.5) is 0 Å². The lowest BCUT2D eigenvalue weighted by atomic mass is 9.87. The highest BCUT2D eigenvalue weighted by molar-refractivity contribution is 5.85. The van der Waals surface area contributed by atoms with Gasteiger partial charge in [0.05, 0.1) is 6.07 Å². The Hall–Kier alpha value is -1.90. The molecule has 1 aliphatic rings. The summed E-state index contributed by atoms with van der Waals surface area (Å²) in [6, 6.07) is 2.19. The van der Waals surface area contributed by atoms with Gasteiger partial charge in [-0.3, -0.25) is 4.79 Å². The molecule has 1 amide bonds. The van der Waals surface area contributed by atoms with Crippen molar-refractivity contribution in [1.29, 1.82) is 5.26 Å². The van der Waals surface area contributed by atoms with Crippen molar-refractivity contribution in [2.75, 3.05) is 6.54 Å². The minimum Gasteiger partial charge on any atom is -0.354 e. The van der Waals surface area contributed by atoms with Crippen LogP contribution in [0, 0.1) is 16.7 Å². The summed E-state index contributed by atoms with van der Waals surface area (Å²) >= 11 is 0. The van der Waals surface area contributed by atoms with Crippen molar-refractivity contribution in [3.63, 3.8) is 0 Å². The number of carbonyl (C=O) groups is 1. The molecule has 0 radical (unpaired) electrons. The summed E-state index contributed by atoms with van der Waals surface area (Å²) in [5.74, 6) is 0.692. The van der Waals surface area contributed by atoms with Crippen molar-refractivity contribution < 1.29 is 4.79 Å². The minimum absolute atomic E-state index is 0.135. The fourth-order valence-corrected chi connectivity index (χ4v) is 2.36. The minimum atomic E-state index is -0.792. The first-order chi connectivity index (χ1) is 8.68. The molecular formula is C12H17N5O. The second-order valence-corrected chi connectivity index (χ2v) is 4.76. The molecule has 1 fully saturated rings. The fourth-order valence-electron chi connectivity index (χ4n) is 2.36. The Morgan fingerprint density at radius 3 is 2.89 bits per heavy atom. The fraction of sp³-hybridized carbons (Fsp3) is 0.667. The zero-order valence-electron chi connectivity index (χ0n) is 10.5. The van der Waals surface area contributed by atoms with E-state index in [0.717, 1.165) is 18.7 Å². The van der Waals surface area contributed by atoms with Crippen molar-refractivity contribution in [2.24, 2.45) is 12.5 Å². The number of nitrogens with one attached hydrogen (secondary N) is 1. The Morgan fingerprint density at radius 2 is 2.33 bits per heavy atom. The predicted molar refractivity (Wildman–Crippen MR) is 64.2 cm³/mol. The Balaban J connectivity index is 1.85. The van der Waals surface area contributed by atoms with Crippen LogP contribution in [0.5, 0.6) is 0 Å². The summed E-state index contributed by atoms with van der Waals surface area (Å²) in [5, 5.41) is 19.7. The number of rotatable bonds is 4. The van der Waals surface area contributed by atoms with Gasteiger partial charge in [0.25, 0.3) is 0 Å². The van der Waals surface area contributed by atoms with Crippen LogP contribution in [0.2, 0.25) is 0 Å². The second-order valence-electron chi connectivity index (χ2n) is 4.76. The number of aromatic nitrogens is 3. The largest absolute Gasteiger partial charge is 0.354 e. The molecule has 96 valence electrons. The number of aryl methyl sites for hydroxylation is 1. The molecule has 2 rings (SSSR count). The van der Waals surface area contributed by atoms with Crippen LogP contribution >= 0.6 is 0 Å². The molecule has 0 unspecified atom stereocenters. The zero-order valence-corrected chi connectivity index (χ0v) is 10.5. The topological polar surface area (TPSA) is 83.6 Å². The van der Waals surface area contributed by atoms with E-state index in [1.807, 2.05) is 11.6 Å². The molecule has 0 saturated heterocycles. The number of hydrogen-bond acceptors (Lipinski definition) is 4. The van der Waals surface area contributed by atoms with Crippen LogP contribution in [0.25, 0.3) is 0 Å². The lowest BCUT2D eigenvalue weighted by Crippen LogP contribution is -2.39. The lowest BCUT2D eigenvalue weighted by Gasteiger charge is -2.18. The van der Waals surface area contributed by atoms with Crippen LogP contribution in [-0.2, 0) is 18.3 Å². The predicted octanol–water partition coefficient (Wildman–Crippen LogP) is 0.558. The first-order valence-electron chi connectivity index (χ1n) is 6.20. The third kappa shape index (κ3) is 2.35.